The van der Waals surface area contributed by atoms with Gasteiger partial charge in [0.05, 0.1) is 12.6 Å². The van der Waals surface area contributed by atoms with Gasteiger partial charge in [0, 0.05) is 43.0 Å². The highest BCUT2D eigenvalue weighted by molar-refractivity contribution is 7.10. The van der Waals surface area contributed by atoms with Crippen LogP contribution in [0.5, 0.6) is 0 Å². The Kier molecular flexibility index (Phi) is 8.66. The van der Waals surface area contributed by atoms with Crippen molar-refractivity contribution in [3.63, 3.8) is 0 Å². The lowest BCUT2D eigenvalue weighted by Gasteiger charge is -2.43. The molecular weight excluding hydrogens is 454 g/mol. The van der Waals surface area contributed by atoms with E-state index in [4.69, 9.17) is 0 Å². The summed E-state index contributed by atoms with van der Waals surface area (Å²) in [4.78, 5) is 34.5. The van der Waals surface area contributed by atoms with Gasteiger partial charge >= 0.3 is 0 Å². The molecule has 1 aromatic heterocycles. The number of unbranched alkanes of at least 4 members (excludes halogenated alkanes) is 1. The molecule has 0 bridgehead atoms. The van der Waals surface area contributed by atoms with Crippen molar-refractivity contribution in [2.24, 2.45) is 5.92 Å². The average Bonchev–Trinajstić information content (AvgIpc) is 3.33. The van der Waals surface area contributed by atoms with Crippen LogP contribution in [0, 0.1) is 12.8 Å². The van der Waals surface area contributed by atoms with Crippen molar-refractivity contribution < 1.29 is 9.59 Å². The molecule has 4 rings (SSSR count). The first-order valence-electron chi connectivity index (χ1n) is 13.4. The summed E-state index contributed by atoms with van der Waals surface area (Å²) in [5.41, 5.74) is 3.91. The Morgan fingerprint density at radius 3 is 2.60 bits per heavy atom. The van der Waals surface area contributed by atoms with E-state index in [9.17, 15) is 9.59 Å². The van der Waals surface area contributed by atoms with Gasteiger partial charge in [-0.3, -0.25) is 14.5 Å². The molecule has 2 aromatic rings. The Labute approximate surface area is 215 Å². The van der Waals surface area contributed by atoms with Crippen molar-refractivity contribution in [1.29, 1.82) is 0 Å². The van der Waals surface area contributed by atoms with Gasteiger partial charge in [0.1, 0.15) is 0 Å². The molecule has 0 aliphatic carbocycles. The molecule has 3 atom stereocenters. The molecule has 2 aliphatic heterocycles. The van der Waals surface area contributed by atoms with Gasteiger partial charge in [0.25, 0.3) is 0 Å². The minimum Gasteiger partial charge on any atom is -0.338 e. The summed E-state index contributed by atoms with van der Waals surface area (Å²) in [5, 5.41) is 2.18. The van der Waals surface area contributed by atoms with Gasteiger partial charge in [-0.25, -0.2) is 0 Å². The lowest BCUT2D eigenvalue weighted by atomic mass is 9.90. The molecule has 0 unspecified atom stereocenters. The molecule has 1 saturated heterocycles. The highest BCUT2D eigenvalue weighted by atomic mass is 32.1. The van der Waals surface area contributed by atoms with Crippen LogP contribution < -0.4 is 0 Å². The third-order valence-corrected chi connectivity index (χ3v) is 8.90. The lowest BCUT2D eigenvalue weighted by Crippen LogP contribution is -2.58. The highest BCUT2D eigenvalue weighted by Gasteiger charge is 2.35. The van der Waals surface area contributed by atoms with Crippen LogP contribution in [-0.4, -0.2) is 65.3 Å². The molecule has 0 N–H and O–H groups in total. The molecule has 2 amide bonds. The third-order valence-electron chi connectivity index (χ3n) is 7.90. The van der Waals surface area contributed by atoms with E-state index in [2.05, 4.69) is 68.3 Å². The van der Waals surface area contributed by atoms with E-state index < -0.39 is 0 Å². The van der Waals surface area contributed by atoms with Crippen molar-refractivity contribution >= 4 is 23.2 Å². The molecule has 1 aromatic carbocycles. The second-order valence-corrected chi connectivity index (χ2v) is 11.2. The topological polar surface area (TPSA) is 43.9 Å². The number of nitrogens with zero attached hydrogens (tertiary/aromatic N) is 3. The van der Waals surface area contributed by atoms with Crippen LogP contribution in [0.1, 0.15) is 74.1 Å². The normalized spacial score (nSPS) is 21.6. The first-order valence-corrected chi connectivity index (χ1v) is 14.3. The number of benzene rings is 1. The fraction of sp³-hybridized carbons (Fsp3) is 0.586. The molecule has 2 aliphatic rings. The highest BCUT2D eigenvalue weighted by Crippen LogP contribution is 2.38. The first-order chi connectivity index (χ1) is 16.9. The van der Waals surface area contributed by atoms with Crippen molar-refractivity contribution in [1.82, 2.24) is 14.7 Å². The average molecular weight is 496 g/mol. The van der Waals surface area contributed by atoms with Crippen LogP contribution >= 0.6 is 11.3 Å². The first kappa shape index (κ1) is 25.9. The van der Waals surface area contributed by atoms with Gasteiger partial charge in [-0.1, -0.05) is 51.0 Å². The van der Waals surface area contributed by atoms with Gasteiger partial charge in [0.15, 0.2) is 0 Å². The smallest absolute Gasteiger partial charge is 0.236 e. The predicted octanol–water partition coefficient (Wildman–Crippen LogP) is 5.28. The molecule has 6 heteroatoms. The van der Waals surface area contributed by atoms with Gasteiger partial charge in [-0.05, 0) is 61.2 Å². The molecule has 0 radical (unpaired) electrons. The number of thiophene rings is 1. The quantitative estimate of drug-likeness (QED) is 0.500. The van der Waals surface area contributed by atoms with Crippen LogP contribution in [0.3, 0.4) is 0 Å². The Hall–Kier alpha value is -2.18. The Morgan fingerprint density at radius 2 is 1.89 bits per heavy atom. The minimum absolute atomic E-state index is 0.0628. The maximum Gasteiger partial charge on any atom is 0.236 e. The predicted molar refractivity (Wildman–Crippen MR) is 144 cm³/mol. The maximum absolute atomic E-state index is 13.5. The molecular formula is C29H41N3O2S. The summed E-state index contributed by atoms with van der Waals surface area (Å²) in [6, 6.07) is 11.0. The summed E-state index contributed by atoms with van der Waals surface area (Å²) in [6.07, 6.45) is 5.08. The molecule has 3 heterocycles. The van der Waals surface area contributed by atoms with E-state index in [0.29, 0.717) is 26.2 Å². The van der Waals surface area contributed by atoms with Crippen LogP contribution in [0.4, 0.5) is 0 Å². The standard InChI is InChI=1S/C29H41N3O2S/c1-5-7-11-23(6-2)29(34)32-17-16-30(19-22(32)4)27(33)20-31-15-13-26-25(14-18-35-26)28(31)24-12-9-8-10-21(24)3/h8-10,12,14,18,22-23,28H,5-7,11,13,15-17,19-20H2,1-4H3/t22-,23+,28+/m1/s1. The summed E-state index contributed by atoms with van der Waals surface area (Å²) in [6.45, 7) is 11.8. The third kappa shape index (κ3) is 5.64. The van der Waals surface area contributed by atoms with Crippen LogP contribution in [0.25, 0.3) is 0 Å². The molecule has 1 fully saturated rings. The van der Waals surface area contributed by atoms with Crippen LogP contribution in [-0.2, 0) is 16.0 Å². The van der Waals surface area contributed by atoms with Crippen molar-refractivity contribution in [3.8, 4) is 0 Å². The fourth-order valence-electron chi connectivity index (χ4n) is 5.77. The van der Waals surface area contributed by atoms with Gasteiger partial charge < -0.3 is 9.80 Å². The van der Waals surface area contributed by atoms with Crippen LogP contribution in [0.2, 0.25) is 0 Å². The Bertz CT molecular complexity index is 1020. The Balaban J connectivity index is 1.43. The van der Waals surface area contributed by atoms with Crippen molar-refractivity contribution in [2.45, 2.75) is 71.9 Å². The monoisotopic (exact) mass is 495 g/mol. The minimum atomic E-state index is 0.0628. The van der Waals surface area contributed by atoms with E-state index in [0.717, 1.165) is 38.6 Å². The summed E-state index contributed by atoms with van der Waals surface area (Å²) >= 11 is 1.83. The molecule has 0 saturated carbocycles. The molecule has 35 heavy (non-hydrogen) atoms. The number of carbonyl (C=O) groups excluding carboxylic acids is 2. The summed E-state index contributed by atoms with van der Waals surface area (Å²) < 4.78 is 0. The number of carbonyl (C=O) groups is 2. The van der Waals surface area contributed by atoms with E-state index in [1.54, 1.807) is 0 Å². The number of hydrogen-bond acceptors (Lipinski definition) is 4. The van der Waals surface area contributed by atoms with E-state index >= 15 is 0 Å². The lowest BCUT2D eigenvalue weighted by molar-refractivity contribution is -0.146. The number of amides is 2. The Morgan fingerprint density at radius 1 is 1.09 bits per heavy atom. The zero-order valence-electron chi connectivity index (χ0n) is 21.8. The molecule has 0 spiro atoms. The number of aryl methyl sites for hydroxylation is 1. The largest absolute Gasteiger partial charge is 0.338 e. The van der Waals surface area contributed by atoms with Gasteiger partial charge in [-0.15, -0.1) is 11.3 Å². The number of piperazine rings is 1. The second-order valence-electron chi connectivity index (χ2n) is 10.2. The zero-order valence-corrected chi connectivity index (χ0v) is 22.7. The van der Waals surface area contributed by atoms with Crippen molar-refractivity contribution in [3.05, 3.63) is 57.3 Å². The van der Waals surface area contributed by atoms with Crippen LogP contribution in [0.15, 0.2) is 35.7 Å². The van der Waals surface area contributed by atoms with Gasteiger partial charge in [0.2, 0.25) is 11.8 Å². The van der Waals surface area contributed by atoms with E-state index in [1.807, 2.05) is 21.1 Å². The van der Waals surface area contributed by atoms with E-state index in [-0.39, 0.29) is 29.8 Å². The summed E-state index contributed by atoms with van der Waals surface area (Å²) in [7, 11) is 0. The molecule has 5 nitrogen and oxygen atoms in total. The zero-order chi connectivity index (χ0) is 24.9. The number of rotatable bonds is 8. The molecule has 190 valence electrons. The van der Waals surface area contributed by atoms with Crippen molar-refractivity contribution in [2.75, 3.05) is 32.7 Å². The maximum atomic E-state index is 13.5. The second kappa shape index (κ2) is 11.7. The summed E-state index contributed by atoms with van der Waals surface area (Å²) in [5.74, 6) is 0.572. The van der Waals surface area contributed by atoms with Gasteiger partial charge in [-0.2, -0.15) is 0 Å². The number of fused-ring (bicyclic) bond motifs is 1. The fourth-order valence-corrected chi connectivity index (χ4v) is 6.67. The number of hydrogen-bond donors (Lipinski definition) is 0. The SMILES string of the molecule is CCCC[C@H](CC)C(=O)N1CCN(C(=O)CN2CCc3sccc3[C@@H]2c2ccccc2C)C[C@H]1C. The van der Waals surface area contributed by atoms with E-state index in [1.165, 1.54) is 21.6 Å².